The topological polar surface area (TPSA) is 72.3 Å². The van der Waals surface area contributed by atoms with Crippen LogP contribution in [0.5, 0.6) is 5.75 Å². The van der Waals surface area contributed by atoms with Crippen LogP contribution in [0.1, 0.15) is 30.1 Å². The average Bonchev–Trinajstić information content (AvgIpc) is 2.48. The van der Waals surface area contributed by atoms with Gasteiger partial charge in [0.1, 0.15) is 17.6 Å². The first-order chi connectivity index (χ1) is 9.72. The molecule has 0 bridgehead atoms. The van der Waals surface area contributed by atoms with Crippen molar-refractivity contribution in [1.82, 2.24) is 9.97 Å². The minimum atomic E-state index is -1.00. The van der Waals surface area contributed by atoms with Crippen LogP contribution in [0.3, 0.4) is 0 Å². The minimum Gasteiger partial charge on any atom is -0.493 e. The second-order valence-electron chi connectivity index (χ2n) is 4.35. The molecule has 0 spiro atoms. The summed E-state index contributed by atoms with van der Waals surface area (Å²) in [7, 11) is 0. The Morgan fingerprint density at radius 1 is 1.25 bits per heavy atom. The van der Waals surface area contributed by atoms with Crippen LogP contribution in [0.2, 0.25) is 0 Å². The van der Waals surface area contributed by atoms with Crippen LogP contribution in [-0.4, -0.2) is 27.7 Å². The smallest absolute Gasteiger partial charge is 0.339 e. The predicted octanol–water partition coefficient (Wildman–Crippen LogP) is 3.02. The van der Waals surface area contributed by atoms with Crippen molar-refractivity contribution < 1.29 is 14.6 Å². The lowest BCUT2D eigenvalue weighted by molar-refractivity contribution is 0.0692. The fraction of sp³-hybridized carbons (Fsp3) is 0.267. The Morgan fingerprint density at radius 2 is 2.00 bits per heavy atom. The van der Waals surface area contributed by atoms with Crippen LogP contribution in [0, 0.1) is 0 Å². The Kier molecular flexibility index (Phi) is 4.65. The highest BCUT2D eigenvalue weighted by Gasteiger charge is 2.13. The Labute approximate surface area is 117 Å². The second kappa shape index (κ2) is 6.65. The molecular weight excluding hydrogens is 256 g/mol. The van der Waals surface area contributed by atoms with Crippen LogP contribution in [0.25, 0.3) is 11.1 Å². The molecule has 2 rings (SSSR count). The lowest BCUT2D eigenvalue weighted by atomic mass is 10.1. The van der Waals surface area contributed by atoms with Gasteiger partial charge in [0.25, 0.3) is 0 Å². The van der Waals surface area contributed by atoms with Crippen molar-refractivity contribution in [2.75, 3.05) is 6.61 Å². The summed E-state index contributed by atoms with van der Waals surface area (Å²) < 4.78 is 5.52. The number of nitrogens with zero attached hydrogens (tertiary/aromatic N) is 2. The molecule has 0 aliphatic rings. The van der Waals surface area contributed by atoms with Crippen molar-refractivity contribution in [1.29, 1.82) is 0 Å². The van der Waals surface area contributed by atoms with Gasteiger partial charge >= 0.3 is 5.97 Å². The summed E-state index contributed by atoms with van der Waals surface area (Å²) in [6, 6.07) is 5.08. The lowest BCUT2D eigenvalue weighted by Gasteiger charge is -2.10. The Hall–Kier alpha value is -2.43. The van der Waals surface area contributed by atoms with Crippen molar-refractivity contribution in [3.63, 3.8) is 0 Å². The fourth-order valence-electron chi connectivity index (χ4n) is 1.78. The molecule has 0 saturated carbocycles. The van der Waals surface area contributed by atoms with E-state index in [1.165, 1.54) is 6.33 Å². The number of hydrogen-bond donors (Lipinski definition) is 1. The van der Waals surface area contributed by atoms with Gasteiger partial charge in [0.15, 0.2) is 0 Å². The van der Waals surface area contributed by atoms with Gasteiger partial charge in [0.2, 0.25) is 0 Å². The monoisotopic (exact) mass is 272 g/mol. The van der Waals surface area contributed by atoms with Crippen molar-refractivity contribution in [3.05, 3.63) is 42.5 Å². The summed E-state index contributed by atoms with van der Waals surface area (Å²) >= 11 is 0. The number of unbranched alkanes of at least 4 members (excludes halogenated alkanes) is 1. The molecule has 0 saturated heterocycles. The van der Waals surface area contributed by atoms with Crippen LogP contribution < -0.4 is 4.74 Å². The maximum atomic E-state index is 11.3. The molecular formula is C15H16N2O3. The number of aromatic carboxylic acids is 1. The first-order valence-electron chi connectivity index (χ1n) is 6.48. The maximum absolute atomic E-state index is 11.3. The van der Waals surface area contributed by atoms with Crippen molar-refractivity contribution in [3.8, 4) is 16.9 Å². The zero-order valence-electron chi connectivity index (χ0n) is 11.2. The molecule has 0 radical (unpaired) electrons. The van der Waals surface area contributed by atoms with Gasteiger partial charge in [0.05, 0.1) is 6.61 Å². The number of carboxylic acids is 1. The van der Waals surface area contributed by atoms with Gasteiger partial charge in [0, 0.05) is 18.0 Å². The number of benzene rings is 1. The highest BCUT2D eigenvalue weighted by Crippen LogP contribution is 2.26. The molecule has 0 unspecified atom stereocenters. The van der Waals surface area contributed by atoms with Gasteiger partial charge in [-0.2, -0.15) is 0 Å². The van der Waals surface area contributed by atoms with E-state index in [4.69, 9.17) is 4.74 Å². The molecule has 104 valence electrons. The average molecular weight is 272 g/mol. The van der Waals surface area contributed by atoms with E-state index < -0.39 is 5.97 Å². The Bertz CT molecular complexity index is 585. The summed E-state index contributed by atoms with van der Waals surface area (Å²) in [6.07, 6.45) is 6.62. The molecule has 5 heteroatoms. The van der Waals surface area contributed by atoms with E-state index in [1.807, 2.05) is 6.07 Å². The molecule has 1 N–H and O–H groups in total. The zero-order chi connectivity index (χ0) is 14.4. The molecule has 1 aromatic carbocycles. The maximum Gasteiger partial charge on any atom is 0.339 e. The number of carboxylic acid groups (broad SMARTS) is 1. The number of rotatable bonds is 6. The lowest BCUT2D eigenvalue weighted by Crippen LogP contribution is -2.04. The summed E-state index contributed by atoms with van der Waals surface area (Å²) in [4.78, 5) is 19.2. The first kappa shape index (κ1) is 14.0. The SMILES string of the molecule is CCCCOc1ccc(-c2cncnc2)cc1C(=O)O. The molecule has 0 aliphatic heterocycles. The van der Waals surface area contributed by atoms with E-state index in [0.717, 1.165) is 24.0 Å². The van der Waals surface area contributed by atoms with Gasteiger partial charge in [-0.15, -0.1) is 0 Å². The Balaban J connectivity index is 2.30. The fourth-order valence-corrected chi connectivity index (χ4v) is 1.78. The number of ether oxygens (including phenoxy) is 1. The van der Waals surface area contributed by atoms with Crippen molar-refractivity contribution in [2.45, 2.75) is 19.8 Å². The van der Waals surface area contributed by atoms with Crippen LogP contribution in [0.4, 0.5) is 0 Å². The molecule has 0 atom stereocenters. The van der Waals surface area contributed by atoms with E-state index in [1.54, 1.807) is 24.5 Å². The van der Waals surface area contributed by atoms with Crippen LogP contribution >= 0.6 is 0 Å². The molecule has 2 aromatic rings. The quantitative estimate of drug-likeness (QED) is 0.818. The summed E-state index contributed by atoms with van der Waals surface area (Å²) in [6.45, 7) is 2.57. The molecule has 0 amide bonds. The normalized spacial score (nSPS) is 10.2. The van der Waals surface area contributed by atoms with E-state index in [9.17, 15) is 9.90 Å². The zero-order valence-corrected chi connectivity index (χ0v) is 11.2. The molecule has 20 heavy (non-hydrogen) atoms. The highest BCUT2D eigenvalue weighted by molar-refractivity contribution is 5.92. The van der Waals surface area contributed by atoms with Gasteiger partial charge in [-0.25, -0.2) is 14.8 Å². The summed E-state index contributed by atoms with van der Waals surface area (Å²) in [5.41, 5.74) is 1.68. The third kappa shape index (κ3) is 3.32. The Morgan fingerprint density at radius 3 is 2.65 bits per heavy atom. The van der Waals surface area contributed by atoms with Gasteiger partial charge in [-0.3, -0.25) is 0 Å². The number of carbonyl (C=O) groups is 1. The molecule has 1 aromatic heterocycles. The second-order valence-corrected chi connectivity index (χ2v) is 4.35. The largest absolute Gasteiger partial charge is 0.493 e. The van der Waals surface area contributed by atoms with E-state index >= 15 is 0 Å². The van der Waals surface area contributed by atoms with Crippen LogP contribution in [-0.2, 0) is 0 Å². The molecule has 1 heterocycles. The summed E-state index contributed by atoms with van der Waals surface area (Å²) in [5, 5.41) is 9.28. The standard InChI is InChI=1S/C15H16N2O3/c1-2-3-6-20-14-5-4-11(7-13(14)15(18)19)12-8-16-10-17-9-12/h4-5,7-10H,2-3,6H2,1H3,(H,18,19). The van der Waals surface area contributed by atoms with Crippen LogP contribution in [0.15, 0.2) is 36.9 Å². The van der Waals surface area contributed by atoms with E-state index in [2.05, 4.69) is 16.9 Å². The van der Waals surface area contributed by atoms with Gasteiger partial charge in [-0.05, 0) is 24.1 Å². The third-order valence-electron chi connectivity index (χ3n) is 2.86. The molecule has 0 fully saturated rings. The van der Waals surface area contributed by atoms with Gasteiger partial charge < -0.3 is 9.84 Å². The minimum absolute atomic E-state index is 0.155. The first-order valence-corrected chi connectivity index (χ1v) is 6.48. The predicted molar refractivity (Wildman–Crippen MR) is 74.8 cm³/mol. The highest BCUT2D eigenvalue weighted by atomic mass is 16.5. The molecule has 5 nitrogen and oxygen atoms in total. The number of aromatic nitrogens is 2. The number of hydrogen-bond acceptors (Lipinski definition) is 4. The molecule has 0 aliphatic carbocycles. The van der Waals surface area contributed by atoms with E-state index in [0.29, 0.717) is 12.4 Å². The summed E-state index contributed by atoms with van der Waals surface area (Å²) in [5.74, 6) is -0.609. The third-order valence-corrected chi connectivity index (χ3v) is 2.86. The van der Waals surface area contributed by atoms with E-state index in [-0.39, 0.29) is 5.56 Å². The van der Waals surface area contributed by atoms with Crippen molar-refractivity contribution >= 4 is 5.97 Å². The van der Waals surface area contributed by atoms with Gasteiger partial charge in [-0.1, -0.05) is 19.4 Å². The van der Waals surface area contributed by atoms with Crippen molar-refractivity contribution in [2.24, 2.45) is 0 Å².